The van der Waals surface area contributed by atoms with Crippen molar-refractivity contribution in [2.45, 2.75) is 60.3 Å². The number of hydrogen-bond donors (Lipinski definition) is 0. The Kier molecular flexibility index (Phi) is 12.3. The standard InChI is InChI=1S/C26H30N4.C15H16N4.Ir/c1-21-23(3)29(25-13-7-5-8-14-25)19-27(21)17-11-12-18-28-20-30(24(4)22(28)2)26-15-9-6-10-16-26;1-11(2)12-4-6-13(7-5-12)19-10-18(3)14-15(19)17-9-8-16-14;/h5-10,13,15,19-20H,11-12,17-18H2,1-4H3;4-6,8-11H,1-3H3;/q-4;-2;. The molecule has 4 heterocycles. The van der Waals surface area contributed by atoms with Crippen molar-refractivity contribution in [3.8, 4) is 0 Å². The quantitative estimate of drug-likeness (QED) is 0.123. The molecule has 0 saturated carbocycles. The summed E-state index contributed by atoms with van der Waals surface area (Å²) in [5.41, 5.74) is 9.64. The summed E-state index contributed by atoms with van der Waals surface area (Å²) >= 11 is 0. The third kappa shape index (κ3) is 8.00. The second kappa shape index (κ2) is 16.6. The van der Waals surface area contributed by atoms with Gasteiger partial charge in [0.1, 0.15) is 11.6 Å². The molecule has 0 N–H and O–H groups in total. The number of para-hydroxylation sites is 2. The van der Waals surface area contributed by atoms with Crippen LogP contribution in [0.25, 0.3) is 0 Å². The van der Waals surface area contributed by atoms with Crippen molar-refractivity contribution in [2.75, 3.05) is 39.7 Å². The zero-order valence-electron chi connectivity index (χ0n) is 30.1. The van der Waals surface area contributed by atoms with Gasteiger partial charge in [0, 0.05) is 43.9 Å². The number of hydrogen-bond acceptors (Lipinski definition) is 8. The minimum atomic E-state index is 0. The van der Waals surface area contributed by atoms with E-state index in [1.54, 1.807) is 12.4 Å². The van der Waals surface area contributed by atoms with Crippen molar-refractivity contribution in [1.29, 1.82) is 0 Å². The largest absolute Gasteiger partial charge is 0.505 e. The van der Waals surface area contributed by atoms with Gasteiger partial charge in [-0.05, 0) is 72.1 Å². The van der Waals surface area contributed by atoms with E-state index >= 15 is 0 Å². The average Bonchev–Trinajstić information content (AvgIpc) is 3.73. The molecule has 7 rings (SSSR count). The first-order chi connectivity index (χ1) is 23.7. The Hall–Kier alpha value is -4.33. The molecule has 50 heavy (non-hydrogen) atoms. The van der Waals surface area contributed by atoms with Crippen LogP contribution in [-0.2, 0) is 20.1 Å². The molecule has 0 bridgehead atoms. The van der Waals surface area contributed by atoms with E-state index in [9.17, 15) is 0 Å². The van der Waals surface area contributed by atoms with Gasteiger partial charge in [-0.3, -0.25) is 0 Å². The second-order valence-corrected chi connectivity index (χ2v) is 12.9. The summed E-state index contributed by atoms with van der Waals surface area (Å²) < 4.78 is 0. The SMILES string of the molecule is CC(C)c1c[c-]c(N2[CH-]N(C)c3nccnc32)cc1.CC1=C(C)N(c2[c-]cccc2)[CH-]N1CCCCN1[CH-]N(c2[c-]cccc2)C(C)=C1C.[Ir]. The number of unbranched alkanes of at least 4 members (excludes halogenated alkanes) is 1. The smallest absolute Gasteiger partial charge is 0.143 e. The van der Waals surface area contributed by atoms with E-state index in [0.29, 0.717) is 5.92 Å². The van der Waals surface area contributed by atoms with Gasteiger partial charge in [0.05, 0.1) is 0 Å². The van der Waals surface area contributed by atoms with E-state index in [1.807, 2.05) is 53.8 Å². The number of benzene rings is 3. The van der Waals surface area contributed by atoms with Gasteiger partial charge in [0.25, 0.3) is 0 Å². The summed E-state index contributed by atoms with van der Waals surface area (Å²) in [5, 5.41) is 0. The summed E-state index contributed by atoms with van der Waals surface area (Å²) in [7, 11) is 1.97. The molecule has 0 amide bonds. The third-order valence-electron chi connectivity index (χ3n) is 9.35. The fraction of sp³-hybridized carbons (Fsp3) is 0.293. The number of anilines is 5. The van der Waals surface area contributed by atoms with Gasteiger partial charge < -0.3 is 29.4 Å². The Bertz CT molecular complexity index is 1680. The van der Waals surface area contributed by atoms with E-state index in [2.05, 4.69) is 139 Å². The molecule has 1 radical (unpaired) electrons. The van der Waals surface area contributed by atoms with Crippen LogP contribution >= 0.6 is 0 Å². The van der Waals surface area contributed by atoms with Gasteiger partial charge in [0.15, 0.2) is 0 Å². The van der Waals surface area contributed by atoms with Gasteiger partial charge in [-0.15, -0.1) is 29.8 Å². The maximum Gasteiger partial charge on any atom is 0.143 e. The first-order valence-corrected chi connectivity index (χ1v) is 17.0. The topological polar surface area (TPSA) is 45.2 Å². The maximum atomic E-state index is 4.40. The Labute approximate surface area is 313 Å². The van der Waals surface area contributed by atoms with Crippen LogP contribution < -0.4 is 19.6 Å². The molecule has 0 atom stereocenters. The number of aromatic nitrogens is 2. The zero-order valence-corrected chi connectivity index (χ0v) is 32.4. The van der Waals surface area contributed by atoms with E-state index in [-0.39, 0.29) is 20.1 Å². The van der Waals surface area contributed by atoms with Crippen LogP contribution in [0.1, 0.15) is 65.9 Å². The summed E-state index contributed by atoms with van der Waals surface area (Å²) in [6, 6.07) is 32.5. The van der Waals surface area contributed by atoms with E-state index < -0.39 is 0 Å². The summed E-state index contributed by atoms with van der Waals surface area (Å²) in [5.74, 6) is 2.23. The first kappa shape index (κ1) is 36.9. The molecule has 3 aliphatic rings. The van der Waals surface area contributed by atoms with Crippen molar-refractivity contribution in [2.24, 2.45) is 0 Å². The van der Waals surface area contributed by atoms with Crippen LogP contribution in [0.4, 0.5) is 28.7 Å². The molecule has 0 spiro atoms. The van der Waals surface area contributed by atoms with Crippen molar-refractivity contribution in [3.05, 3.63) is 146 Å². The molecule has 3 aromatic carbocycles. The van der Waals surface area contributed by atoms with Crippen molar-refractivity contribution < 1.29 is 20.1 Å². The van der Waals surface area contributed by atoms with Crippen molar-refractivity contribution in [1.82, 2.24) is 19.8 Å². The molecule has 1 aromatic heterocycles. The van der Waals surface area contributed by atoms with E-state index in [0.717, 1.165) is 54.6 Å². The number of rotatable bonds is 9. The molecule has 8 nitrogen and oxygen atoms in total. The molecule has 9 heteroatoms. The Balaban J connectivity index is 0.000000209. The predicted octanol–water partition coefficient (Wildman–Crippen LogP) is 8.86. The predicted molar refractivity (Wildman–Crippen MR) is 200 cm³/mol. The normalized spacial score (nSPS) is 15.6. The number of nitrogens with zero attached hydrogens (tertiary/aromatic N) is 8. The van der Waals surface area contributed by atoms with Crippen LogP contribution in [0.2, 0.25) is 0 Å². The van der Waals surface area contributed by atoms with Gasteiger partial charge in [0.2, 0.25) is 0 Å². The van der Waals surface area contributed by atoms with Gasteiger partial charge in [-0.1, -0.05) is 19.8 Å². The fourth-order valence-corrected chi connectivity index (χ4v) is 6.10. The number of allylic oxidation sites excluding steroid dienone is 4. The van der Waals surface area contributed by atoms with Gasteiger partial charge >= 0.3 is 0 Å². The van der Waals surface area contributed by atoms with Crippen LogP contribution in [-0.4, -0.2) is 39.9 Å². The Morgan fingerprint density at radius 1 is 0.620 bits per heavy atom. The van der Waals surface area contributed by atoms with Crippen LogP contribution in [0.3, 0.4) is 0 Å². The Morgan fingerprint density at radius 3 is 1.60 bits per heavy atom. The monoisotopic (exact) mass is 843 g/mol. The Morgan fingerprint density at radius 2 is 1.14 bits per heavy atom. The molecule has 0 unspecified atom stereocenters. The summed E-state index contributed by atoms with van der Waals surface area (Å²) in [4.78, 5) is 21.9. The second-order valence-electron chi connectivity index (χ2n) is 12.9. The zero-order chi connectivity index (χ0) is 34.5. The molecule has 265 valence electrons. The molecule has 0 fully saturated rings. The molecular weight excluding hydrogens is 797 g/mol. The van der Waals surface area contributed by atoms with Crippen LogP contribution in [0.15, 0.2) is 102 Å². The molecular formula is C41H46IrN8-6. The molecule has 0 aliphatic carbocycles. The number of fused-ring (bicyclic) bond motifs is 1. The molecule has 4 aromatic rings. The average molecular weight is 843 g/mol. The van der Waals surface area contributed by atoms with Crippen LogP contribution in [0.5, 0.6) is 0 Å². The van der Waals surface area contributed by atoms with E-state index in [1.165, 1.54) is 28.4 Å². The fourth-order valence-electron chi connectivity index (χ4n) is 6.10. The minimum Gasteiger partial charge on any atom is -0.505 e. The minimum absolute atomic E-state index is 0. The maximum absolute atomic E-state index is 4.40. The van der Waals surface area contributed by atoms with Crippen molar-refractivity contribution in [3.63, 3.8) is 0 Å². The third-order valence-corrected chi connectivity index (χ3v) is 9.35. The molecule has 3 aliphatic heterocycles. The van der Waals surface area contributed by atoms with Crippen molar-refractivity contribution >= 4 is 28.7 Å². The summed E-state index contributed by atoms with van der Waals surface area (Å²) in [6.45, 7) is 21.6. The first-order valence-electron chi connectivity index (χ1n) is 17.0. The molecule has 0 saturated heterocycles. The summed E-state index contributed by atoms with van der Waals surface area (Å²) in [6.07, 6.45) is 5.70. The van der Waals surface area contributed by atoms with Gasteiger partial charge in [-0.2, -0.15) is 97.8 Å². The van der Waals surface area contributed by atoms with Gasteiger partial charge in [-0.25, -0.2) is 9.97 Å². The van der Waals surface area contributed by atoms with Crippen LogP contribution in [0, 0.1) is 38.2 Å². The van der Waals surface area contributed by atoms with E-state index in [4.69, 9.17) is 0 Å².